The molecule has 0 amide bonds. The second-order valence-corrected chi connectivity index (χ2v) is 18.7. The summed E-state index contributed by atoms with van der Waals surface area (Å²) in [5.41, 5.74) is 1.37. The molecule has 4 aromatic rings. The first kappa shape index (κ1) is 60.3. The van der Waals surface area contributed by atoms with Crippen molar-refractivity contribution in [2.24, 2.45) is 0 Å². The molecular formula is C52H58O23S2. The van der Waals surface area contributed by atoms with Gasteiger partial charge in [0.2, 0.25) is 30.6 Å². The van der Waals surface area contributed by atoms with Gasteiger partial charge in [-0.2, -0.15) is 0 Å². The Morgan fingerprint density at radius 2 is 0.818 bits per heavy atom. The van der Waals surface area contributed by atoms with Crippen LogP contribution < -0.4 is 18.9 Å². The predicted molar refractivity (Wildman–Crippen MR) is 266 cm³/mol. The second kappa shape index (κ2) is 28.5. The van der Waals surface area contributed by atoms with Gasteiger partial charge in [0.25, 0.3) is 0 Å². The van der Waals surface area contributed by atoms with Gasteiger partial charge in [0.15, 0.2) is 24.4 Å². The minimum atomic E-state index is -1.46. The molecule has 77 heavy (non-hydrogen) atoms. The fourth-order valence-corrected chi connectivity index (χ4v) is 9.36. The molecule has 6 rings (SSSR count). The van der Waals surface area contributed by atoms with Crippen molar-refractivity contribution in [2.45, 2.75) is 123 Å². The summed E-state index contributed by atoms with van der Waals surface area (Å²) in [5.74, 6) is -4.15. The van der Waals surface area contributed by atoms with Crippen molar-refractivity contribution in [1.82, 2.24) is 0 Å². The largest absolute Gasteiger partial charge is 0.497 e. The molecule has 4 heterocycles. The Balaban J connectivity index is 0.000000284. The number of benzene rings is 2. The lowest BCUT2D eigenvalue weighted by molar-refractivity contribution is -0.288. The fraction of sp³-hybridized carbons (Fsp3) is 0.442. The average molecular weight is 1120 g/mol. The second-order valence-electron chi connectivity index (χ2n) is 16.8. The van der Waals surface area contributed by atoms with Gasteiger partial charge in [-0.05, 0) is 64.9 Å². The molecule has 0 N–H and O–H groups in total. The SMILES string of the molecule is COc1ccc(C(=O)c2sccc2OC2OC(COC(C)=O)C(OC(C)=O)C(OC(C)=O)C2OC(C)=O)cc1.COc1ccc(Cc2sccc2OC2OC(COC(C)=O)C(OC(C)=O)C(OC(C)=O)C2OC(C)=O)cc1. The summed E-state index contributed by atoms with van der Waals surface area (Å²) in [7, 11) is 3.10. The highest BCUT2D eigenvalue weighted by atomic mass is 32.1. The highest BCUT2D eigenvalue weighted by molar-refractivity contribution is 7.12. The lowest BCUT2D eigenvalue weighted by atomic mass is 9.98. The Hall–Kier alpha value is -7.61. The molecule has 0 radical (unpaired) electrons. The first-order valence-electron chi connectivity index (χ1n) is 23.5. The van der Waals surface area contributed by atoms with Gasteiger partial charge in [0.05, 0.1) is 19.1 Å². The topological polar surface area (TPSA) is 283 Å². The van der Waals surface area contributed by atoms with Crippen molar-refractivity contribution in [3.05, 3.63) is 92.3 Å². The Labute approximate surface area is 450 Å². The molecule has 2 saturated heterocycles. The van der Waals surface area contributed by atoms with Gasteiger partial charge in [0.1, 0.15) is 53.3 Å². The van der Waals surface area contributed by atoms with Crippen LogP contribution in [0.5, 0.6) is 23.0 Å². The van der Waals surface area contributed by atoms with Gasteiger partial charge >= 0.3 is 47.8 Å². The maximum Gasteiger partial charge on any atom is 0.303 e. The third-order valence-corrected chi connectivity index (χ3v) is 12.6. The van der Waals surface area contributed by atoms with Gasteiger partial charge < -0.3 is 66.3 Å². The van der Waals surface area contributed by atoms with Crippen LogP contribution in [-0.2, 0) is 92.1 Å². The first-order chi connectivity index (χ1) is 36.6. The molecule has 0 spiro atoms. The molecule has 0 aliphatic carbocycles. The van der Waals surface area contributed by atoms with E-state index in [-0.39, 0.29) is 23.0 Å². The van der Waals surface area contributed by atoms with E-state index in [2.05, 4.69) is 0 Å². The Morgan fingerprint density at radius 1 is 0.442 bits per heavy atom. The van der Waals surface area contributed by atoms with Crippen molar-refractivity contribution in [1.29, 1.82) is 0 Å². The van der Waals surface area contributed by atoms with E-state index in [4.69, 9.17) is 66.3 Å². The molecular weight excluding hydrogens is 1060 g/mol. The van der Waals surface area contributed by atoms with E-state index in [0.29, 0.717) is 23.5 Å². The van der Waals surface area contributed by atoms with E-state index in [9.17, 15) is 43.2 Å². The number of hydrogen-bond acceptors (Lipinski definition) is 25. The quantitative estimate of drug-likeness (QED) is 0.0620. The van der Waals surface area contributed by atoms with Crippen LogP contribution >= 0.6 is 22.7 Å². The maximum absolute atomic E-state index is 13.2. The van der Waals surface area contributed by atoms with Crippen LogP contribution in [0.3, 0.4) is 0 Å². The number of hydrogen-bond donors (Lipinski definition) is 0. The molecule has 23 nitrogen and oxygen atoms in total. The van der Waals surface area contributed by atoms with E-state index in [0.717, 1.165) is 62.1 Å². The molecule has 416 valence electrons. The third kappa shape index (κ3) is 17.7. The molecule has 2 aliphatic rings. The van der Waals surface area contributed by atoms with E-state index < -0.39 is 116 Å². The van der Waals surface area contributed by atoms with E-state index in [1.807, 2.05) is 29.6 Å². The summed E-state index contributed by atoms with van der Waals surface area (Å²) in [5, 5.41) is 3.46. The Morgan fingerprint density at radius 3 is 1.23 bits per heavy atom. The molecule has 2 aromatic heterocycles. The first-order valence-corrected chi connectivity index (χ1v) is 25.2. The van der Waals surface area contributed by atoms with Gasteiger partial charge in [-0.25, -0.2) is 0 Å². The highest BCUT2D eigenvalue weighted by Gasteiger charge is 2.55. The molecule has 2 fully saturated rings. The number of carbonyl (C=O) groups excluding carboxylic acids is 9. The van der Waals surface area contributed by atoms with Crippen LogP contribution in [0.1, 0.15) is 81.1 Å². The van der Waals surface area contributed by atoms with Gasteiger partial charge in [0, 0.05) is 67.4 Å². The van der Waals surface area contributed by atoms with Crippen LogP contribution in [-0.4, -0.2) is 142 Å². The number of ketones is 1. The molecule has 2 aliphatic heterocycles. The van der Waals surface area contributed by atoms with Crippen LogP contribution in [0.2, 0.25) is 0 Å². The van der Waals surface area contributed by atoms with Crippen molar-refractivity contribution < 1.29 is 109 Å². The van der Waals surface area contributed by atoms with E-state index in [1.165, 1.54) is 45.3 Å². The molecule has 0 saturated carbocycles. The zero-order chi connectivity index (χ0) is 56.5. The minimum Gasteiger partial charge on any atom is -0.497 e. The molecule has 10 atom stereocenters. The summed E-state index contributed by atoms with van der Waals surface area (Å²) in [6, 6.07) is 17.3. The number of carbonyl (C=O) groups is 9. The van der Waals surface area contributed by atoms with Crippen molar-refractivity contribution in [3.8, 4) is 23.0 Å². The molecule has 10 unspecified atom stereocenters. The number of thiophene rings is 2. The third-order valence-electron chi connectivity index (χ3n) is 10.8. The Kier molecular flexibility index (Phi) is 22.3. The number of esters is 8. The van der Waals surface area contributed by atoms with Crippen molar-refractivity contribution in [2.75, 3.05) is 27.4 Å². The number of ether oxygens (including phenoxy) is 14. The standard InChI is InChI=1S/C26H28O12S.C26H30O11S/c1-13(27)33-12-20-22(34-14(2)28)23(35-15(3)29)24(36-16(4)30)26(38-20)37-19-10-11-39-25(19)21(31)17-6-8-18(32-5)9-7-17;1-14(27)32-13-21-23(33-15(2)28)24(34-16(3)29)25(35-17(4)30)26(37-21)36-20-10-11-38-22(20)12-18-6-8-19(31-5)9-7-18/h6-11,20,22-24,26H,12H2,1-5H3;6-11,21,23-26H,12-13H2,1-5H3. The van der Waals surface area contributed by atoms with Crippen LogP contribution in [0.15, 0.2) is 71.4 Å². The normalized spacial score (nSPS) is 22.4. The monoisotopic (exact) mass is 1110 g/mol. The molecule has 2 aromatic carbocycles. The van der Waals surface area contributed by atoms with Gasteiger partial charge in [-0.1, -0.05) is 12.1 Å². The van der Waals surface area contributed by atoms with Crippen molar-refractivity contribution >= 4 is 76.2 Å². The summed E-state index contributed by atoms with van der Waals surface area (Å²) in [6.45, 7) is 8.50. The van der Waals surface area contributed by atoms with Gasteiger partial charge in [-0.15, -0.1) is 22.7 Å². The van der Waals surface area contributed by atoms with Crippen molar-refractivity contribution in [3.63, 3.8) is 0 Å². The van der Waals surface area contributed by atoms with Crippen LogP contribution in [0.25, 0.3) is 0 Å². The fourth-order valence-electron chi connectivity index (χ4n) is 7.74. The zero-order valence-electron chi connectivity index (χ0n) is 43.5. The van der Waals surface area contributed by atoms with Crippen LogP contribution in [0, 0.1) is 0 Å². The lowest BCUT2D eigenvalue weighted by Gasteiger charge is -2.43. The Bertz CT molecular complexity index is 2700. The summed E-state index contributed by atoms with van der Waals surface area (Å²) < 4.78 is 77.1. The summed E-state index contributed by atoms with van der Waals surface area (Å²) >= 11 is 2.56. The number of rotatable bonds is 20. The summed E-state index contributed by atoms with van der Waals surface area (Å²) in [4.78, 5) is 109. The smallest absolute Gasteiger partial charge is 0.303 e. The zero-order valence-corrected chi connectivity index (χ0v) is 45.2. The predicted octanol–water partition coefficient (Wildman–Crippen LogP) is 5.26. The van der Waals surface area contributed by atoms with E-state index >= 15 is 0 Å². The lowest BCUT2D eigenvalue weighted by Crippen LogP contribution is -2.63. The highest BCUT2D eigenvalue weighted by Crippen LogP contribution is 2.37. The summed E-state index contributed by atoms with van der Waals surface area (Å²) in [6.07, 6.45) is -12.5. The average Bonchev–Trinajstić information content (AvgIpc) is 4.02. The molecule has 25 heteroatoms. The van der Waals surface area contributed by atoms with E-state index in [1.54, 1.807) is 42.8 Å². The maximum atomic E-state index is 13.2. The number of methoxy groups -OCH3 is 2. The van der Waals surface area contributed by atoms with Gasteiger partial charge in [-0.3, -0.25) is 43.2 Å². The van der Waals surface area contributed by atoms with Crippen LogP contribution in [0.4, 0.5) is 0 Å². The minimum absolute atomic E-state index is 0.0988. The molecule has 0 bridgehead atoms.